The molecule has 0 spiro atoms. The van der Waals surface area contributed by atoms with Crippen LogP contribution in [-0.2, 0) is 18.9 Å². The van der Waals surface area contributed by atoms with Gasteiger partial charge >= 0.3 is 0 Å². The van der Waals surface area contributed by atoms with Crippen LogP contribution in [0.4, 0.5) is 0 Å². The lowest BCUT2D eigenvalue weighted by atomic mass is 9.96. The molecule has 0 aromatic heterocycles. The van der Waals surface area contributed by atoms with Crippen molar-refractivity contribution in [2.75, 3.05) is 19.8 Å². The average Bonchev–Trinajstić information content (AvgIpc) is 2.77. The predicted molar refractivity (Wildman–Crippen MR) is 108 cm³/mol. The summed E-state index contributed by atoms with van der Waals surface area (Å²) in [5.41, 5.74) is 6.06. The standard InChI is InChI=1S/C20H39NO10/c1-2-3-4-5-6-7-8-28-19-13(21)15(25)18(12(10-23)30-19)31-20-17(27)16(26)14(24)11(9-22)29-20/h11-20,22-27H,2-10,21H2,1H3/t11-,12-,13-,14+,15-,16+,17-,18-,19-,20+/m1/s1. The van der Waals surface area contributed by atoms with Gasteiger partial charge in [-0.1, -0.05) is 39.0 Å². The summed E-state index contributed by atoms with van der Waals surface area (Å²) in [6.45, 7) is 1.41. The Hall–Kier alpha value is -0.440. The number of hydrogen-bond acceptors (Lipinski definition) is 11. The van der Waals surface area contributed by atoms with Gasteiger partial charge in [-0.15, -0.1) is 0 Å². The number of ether oxygens (including phenoxy) is 4. The van der Waals surface area contributed by atoms with E-state index < -0.39 is 74.6 Å². The maximum atomic E-state index is 10.6. The molecule has 11 heteroatoms. The summed E-state index contributed by atoms with van der Waals surface area (Å²) in [6.07, 6.45) is -5.47. The SMILES string of the molecule is CCCCCCCCO[C@@H]1O[C@H](CO)[C@@H](O[C@@H]2O[C@H](CO)[C@H](O)[C@H](O)[C@H]2O)[C@H](O)[C@H]1N. The van der Waals surface area contributed by atoms with E-state index in [2.05, 4.69) is 6.92 Å². The summed E-state index contributed by atoms with van der Waals surface area (Å²) in [6, 6.07) is -0.988. The number of nitrogens with two attached hydrogens (primary N) is 1. The van der Waals surface area contributed by atoms with E-state index in [9.17, 15) is 30.6 Å². The molecule has 184 valence electrons. The van der Waals surface area contributed by atoms with Crippen LogP contribution < -0.4 is 5.73 Å². The Morgan fingerprint density at radius 2 is 1.35 bits per heavy atom. The van der Waals surface area contributed by atoms with Crippen molar-refractivity contribution >= 4 is 0 Å². The molecule has 8 N–H and O–H groups in total. The van der Waals surface area contributed by atoms with Gasteiger partial charge in [0, 0.05) is 6.61 Å². The van der Waals surface area contributed by atoms with Gasteiger partial charge in [-0.3, -0.25) is 0 Å². The van der Waals surface area contributed by atoms with Gasteiger partial charge in [-0.2, -0.15) is 0 Å². The van der Waals surface area contributed by atoms with Gasteiger partial charge in [0.15, 0.2) is 12.6 Å². The Kier molecular flexibility index (Phi) is 11.5. The Bertz CT molecular complexity index is 497. The fourth-order valence-corrected chi connectivity index (χ4v) is 3.82. The molecule has 2 aliphatic heterocycles. The third kappa shape index (κ3) is 7.02. The second-order valence-corrected chi connectivity index (χ2v) is 8.23. The summed E-state index contributed by atoms with van der Waals surface area (Å²) < 4.78 is 22.2. The minimum Gasteiger partial charge on any atom is -0.394 e. The highest BCUT2D eigenvalue weighted by Crippen LogP contribution is 2.29. The minimum atomic E-state index is -1.65. The number of unbranched alkanes of at least 4 members (excludes halogenated alkanes) is 5. The van der Waals surface area contributed by atoms with E-state index >= 15 is 0 Å². The smallest absolute Gasteiger partial charge is 0.187 e. The van der Waals surface area contributed by atoms with Gasteiger partial charge in [0.25, 0.3) is 0 Å². The average molecular weight is 454 g/mol. The van der Waals surface area contributed by atoms with Gasteiger partial charge in [0.05, 0.1) is 19.3 Å². The van der Waals surface area contributed by atoms with Crippen molar-refractivity contribution in [1.29, 1.82) is 0 Å². The van der Waals surface area contributed by atoms with Gasteiger partial charge in [-0.25, -0.2) is 0 Å². The molecular weight excluding hydrogens is 414 g/mol. The first-order valence-electron chi connectivity index (χ1n) is 11.1. The number of aliphatic hydroxyl groups excluding tert-OH is 6. The van der Waals surface area contributed by atoms with Crippen molar-refractivity contribution in [3.63, 3.8) is 0 Å². The van der Waals surface area contributed by atoms with E-state index in [0.29, 0.717) is 6.61 Å². The zero-order chi connectivity index (χ0) is 23.0. The third-order valence-corrected chi connectivity index (χ3v) is 5.82. The van der Waals surface area contributed by atoms with E-state index in [1.807, 2.05) is 0 Å². The monoisotopic (exact) mass is 453 g/mol. The van der Waals surface area contributed by atoms with E-state index in [1.165, 1.54) is 19.3 Å². The topological polar surface area (TPSA) is 184 Å². The molecule has 2 rings (SSSR count). The molecular formula is C20H39NO10. The fraction of sp³-hybridized carbons (Fsp3) is 1.00. The van der Waals surface area contributed by atoms with Gasteiger partial charge in [-0.05, 0) is 6.42 Å². The molecule has 0 bridgehead atoms. The first kappa shape index (κ1) is 26.8. The van der Waals surface area contributed by atoms with E-state index in [-0.39, 0.29) is 0 Å². The predicted octanol–water partition coefficient (Wildman–Crippen LogP) is -2.05. The number of rotatable bonds is 12. The molecule has 2 heterocycles. The Labute approximate surface area is 182 Å². The normalized spacial score (nSPS) is 41.4. The largest absolute Gasteiger partial charge is 0.394 e. The van der Waals surface area contributed by atoms with Crippen LogP contribution in [0.3, 0.4) is 0 Å². The van der Waals surface area contributed by atoms with Crippen LogP contribution in [0.15, 0.2) is 0 Å². The van der Waals surface area contributed by atoms with E-state index in [4.69, 9.17) is 24.7 Å². The lowest BCUT2D eigenvalue weighted by molar-refractivity contribution is -0.347. The van der Waals surface area contributed by atoms with Crippen LogP contribution in [0.25, 0.3) is 0 Å². The third-order valence-electron chi connectivity index (χ3n) is 5.82. The van der Waals surface area contributed by atoms with Crippen LogP contribution in [-0.4, -0.2) is 112 Å². The fourth-order valence-electron chi connectivity index (χ4n) is 3.82. The molecule has 2 aliphatic rings. The van der Waals surface area contributed by atoms with Crippen molar-refractivity contribution in [3.05, 3.63) is 0 Å². The van der Waals surface area contributed by atoms with Crippen molar-refractivity contribution in [3.8, 4) is 0 Å². The molecule has 0 saturated carbocycles. The zero-order valence-corrected chi connectivity index (χ0v) is 18.0. The van der Waals surface area contributed by atoms with Crippen molar-refractivity contribution in [1.82, 2.24) is 0 Å². The molecule has 0 radical (unpaired) electrons. The molecule has 2 fully saturated rings. The molecule has 0 aromatic rings. The second-order valence-electron chi connectivity index (χ2n) is 8.23. The minimum absolute atomic E-state index is 0.396. The highest BCUT2D eigenvalue weighted by atomic mass is 16.7. The van der Waals surface area contributed by atoms with E-state index in [1.54, 1.807) is 0 Å². The molecule has 0 aliphatic carbocycles. The van der Waals surface area contributed by atoms with Crippen molar-refractivity contribution < 1.29 is 49.6 Å². The molecule has 31 heavy (non-hydrogen) atoms. The summed E-state index contributed by atoms with van der Waals surface area (Å²) in [5, 5.41) is 59.6. The molecule has 2 saturated heterocycles. The van der Waals surface area contributed by atoms with E-state index in [0.717, 1.165) is 19.3 Å². The maximum Gasteiger partial charge on any atom is 0.187 e. The Morgan fingerprint density at radius 3 is 2.00 bits per heavy atom. The maximum absolute atomic E-state index is 10.6. The number of aliphatic hydroxyl groups is 6. The summed E-state index contributed by atoms with van der Waals surface area (Å²) in [5.74, 6) is 0. The molecule has 0 aromatic carbocycles. The summed E-state index contributed by atoms with van der Waals surface area (Å²) in [7, 11) is 0. The quantitative estimate of drug-likeness (QED) is 0.161. The van der Waals surface area contributed by atoms with Gasteiger partial charge in [0.1, 0.15) is 42.7 Å². The lowest BCUT2D eigenvalue weighted by Crippen LogP contribution is -2.66. The summed E-state index contributed by atoms with van der Waals surface area (Å²) in [4.78, 5) is 0. The van der Waals surface area contributed by atoms with Crippen LogP contribution >= 0.6 is 0 Å². The second kappa shape index (κ2) is 13.3. The Balaban J connectivity index is 1.90. The first-order valence-corrected chi connectivity index (χ1v) is 11.1. The van der Waals surface area contributed by atoms with Gasteiger partial charge in [0.2, 0.25) is 0 Å². The Morgan fingerprint density at radius 1 is 0.742 bits per heavy atom. The lowest BCUT2D eigenvalue weighted by Gasteiger charge is -2.46. The highest BCUT2D eigenvalue weighted by molar-refractivity contribution is 4.95. The molecule has 11 nitrogen and oxygen atoms in total. The molecule has 10 atom stereocenters. The number of hydrogen-bond donors (Lipinski definition) is 7. The highest BCUT2D eigenvalue weighted by Gasteiger charge is 2.50. The van der Waals surface area contributed by atoms with Gasteiger partial charge < -0.3 is 55.3 Å². The molecule has 0 unspecified atom stereocenters. The summed E-state index contributed by atoms with van der Waals surface area (Å²) >= 11 is 0. The van der Waals surface area contributed by atoms with Crippen LogP contribution in [0.5, 0.6) is 0 Å². The van der Waals surface area contributed by atoms with Crippen LogP contribution in [0.2, 0.25) is 0 Å². The van der Waals surface area contributed by atoms with Crippen LogP contribution in [0, 0.1) is 0 Å². The zero-order valence-electron chi connectivity index (χ0n) is 18.0. The first-order chi connectivity index (χ1) is 14.8. The van der Waals surface area contributed by atoms with Crippen LogP contribution in [0.1, 0.15) is 45.4 Å². The van der Waals surface area contributed by atoms with Crippen molar-refractivity contribution in [2.45, 2.75) is 107 Å². The molecule has 0 amide bonds. The van der Waals surface area contributed by atoms with Crippen molar-refractivity contribution in [2.24, 2.45) is 5.73 Å².